The average molecular weight is 241 g/mol. The van der Waals surface area contributed by atoms with E-state index in [4.69, 9.17) is 4.74 Å². The van der Waals surface area contributed by atoms with Crippen molar-refractivity contribution in [3.63, 3.8) is 0 Å². The van der Waals surface area contributed by atoms with Gasteiger partial charge in [0.1, 0.15) is 23.3 Å². The number of rotatable bonds is 2. The Balaban J connectivity index is 2.12. The molecule has 2 heterocycles. The molecular formula is C13H11N3O2. The highest BCUT2D eigenvalue weighted by Gasteiger charge is 2.13. The van der Waals surface area contributed by atoms with Crippen LogP contribution >= 0.6 is 0 Å². The molecule has 1 N–H and O–H groups in total. The SMILES string of the molecule is Cc1c(O)cn2ncnc(Oc3ccccc3)c12. The largest absolute Gasteiger partial charge is 0.506 e. The van der Waals surface area contributed by atoms with Gasteiger partial charge in [-0.1, -0.05) is 18.2 Å². The molecule has 3 aromatic rings. The van der Waals surface area contributed by atoms with Crippen LogP contribution < -0.4 is 4.74 Å². The van der Waals surface area contributed by atoms with Crippen LogP contribution in [-0.4, -0.2) is 19.7 Å². The third kappa shape index (κ3) is 1.66. The van der Waals surface area contributed by atoms with Crippen molar-refractivity contribution in [2.75, 3.05) is 0 Å². The molecule has 18 heavy (non-hydrogen) atoms. The molecule has 5 nitrogen and oxygen atoms in total. The molecule has 5 heteroatoms. The molecule has 0 radical (unpaired) electrons. The van der Waals surface area contributed by atoms with E-state index in [1.54, 1.807) is 11.4 Å². The van der Waals surface area contributed by atoms with Crippen molar-refractivity contribution >= 4 is 5.52 Å². The summed E-state index contributed by atoms with van der Waals surface area (Å²) in [6.45, 7) is 1.80. The summed E-state index contributed by atoms with van der Waals surface area (Å²) in [6, 6.07) is 9.37. The second-order valence-corrected chi connectivity index (χ2v) is 3.91. The zero-order valence-electron chi connectivity index (χ0n) is 9.74. The summed E-state index contributed by atoms with van der Waals surface area (Å²) in [5.74, 6) is 1.29. The number of benzene rings is 1. The molecule has 0 amide bonds. The Kier molecular flexibility index (Phi) is 2.37. The molecule has 3 rings (SSSR count). The average Bonchev–Trinajstić information content (AvgIpc) is 2.67. The fourth-order valence-corrected chi connectivity index (χ4v) is 1.79. The van der Waals surface area contributed by atoms with Gasteiger partial charge in [0.25, 0.3) is 0 Å². The summed E-state index contributed by atoms with van der Waals surface area (Å²) in [6.07, 6.45) is 2.92. The van der Waals surface area contributed by atoms with E-state index in [9.17, 15) is 5.11 Å². The molecule has 2 aromatic heterocycles. The minimum atomic E-state index is 0.174. The molecule has 0 bridgehead atoms. The monoisotopic (exact) mass is 241 g/mol. The van der Waals surface area contributed by atoms with Crippen molar-refractivity contribution in [1.82, 2.24) is 14.6 Å². The fourth-order valence-electron chi connectivity index (χ4n) is 1.79. The number of hydrogen-bond acceptors (Lipinski definition) is 4. The lowest BCUT2D eigenvalue weighted by Crippen LogP contribution is -1.96. The third-order valence-electron chi connectivity index (χ3n) is 2.72. The highest BCUT2D eigenvalue weighted by molar-refractivity contribution is 5.67. The lowest BCUT2D eigenvalue weighted by atomic mass is 10.3. The molecule has 0 aliphatic rings. The normalized spacial score (nSPS) is 10.7. The van der Waals surface area contributed by atoms with E-state index in [0.717, 1.165) is 0 Å². The maximum Gasteiger partial charge on any atom is 0.247 e. The van der Waals surface area contributed by atoms with Crippen molar-refractivity contribution in [1.29, 1.82) is 0 Å². The van der Waals surface area contributed by atoms with Gasteiger partial charge in [-0.25, -0.2) is 4.52 Å². The minimum absolute atomic E-state index is 0.174. The maximum atomic E-state index is 9.69. The molecule has 0 saturated carbocycles. The van der Waals surface area contributed by atoms with Crippen LogP contribution in [0.2, 0.25) is 0 Å². The number of para-hydroxylation sites is 1. The topological polar surface area (TPSA) is 59.7 Å². The van der Waals surface area contributed by atoms with Crippen molar-refractivity contribution < 1.29 is 9.84 Å². The second-order valence-electron chi connectivity index (χ2n) is 3.91. The van der Waals surface area contributed by atoms with Gasteiger partial charge in [-0.3, -0.25) is 0 Å². The smallest absolute Gasteiger partial charge is 0.247 e. The Hall–Kier alpha value is -2.56. The molecule has 0 spiro atoms. The van der Waals surface area contributed by atoms with Gasteiger partial charge in [-0.2, -0.15) is 10.1 Å². The van der Waals surface area contributed by atoms with Crippen LogP contribution in [-0.2, 0) is 0 Å². The third-order valence-corrected chi connectivity index (χ3v) is 2.72. The first-order valence-corrected chi connectivity index (χ1v) is 5.50. The minimum Gasteiger partial charge on any atom is -0.506 e. The lowest BCUT2D eigenvalue weighted by molar-refractivity contribution is 0.462. The first-order chi connectivity index (χ1) is 8.75. The zero-order chi connectivity index (χ0) is 12.5. The Labute approximate surface area is 103 Å². The van der Waals surface area contributed by atoms with Crippen LogP contribution in [0.4, 0.5) is 0 Å². The van der Waals surface area contributed by atoms with Crippen LogP contribution in [0.3, 0.4) is 0 Å². The first kappa shape index (κ1) is 10.6. The molecule has 1 aromatic carbocycles. The Morgan fingerprint density at radius 3 is 2.78 bits per heavy atom. The Bertz CT molecular complexity index is 692. The van der Waals surface area contributed by atoms with Crippen LogP contribution in [0.1, 0.15) is 5.56 Å². The van der Waals surface area contributed by atoms with Crippen LogP contribution in [0, 0.1) is 6.92 Å². The number of aromatic hydroxyl groups is 1. The van der Waals surface area contributed by atoms with E-state index in [-0.39, 0.29) is 5.75 Å². The van der Waals surface area contributed by atoms with E-state index < -0.39 is 0 Å². The van der Waals surface area contributed by atoms with E-state index in [1.807, 2.05) is 30.3 Å². The van der Waals surface area contributed by atoms with E-state index >= 15 is 0 Å². The number of aryl methyl sites for hydroxylation is 1. The molecule has 0 aliphatic heterocycles. The quantitative estimate of drug-likeness (QED) is 0.749. The summed E-state index contributed by atoms with van der Waals surface area (Å²) in [5, 5.41) is 13.7. The molecule has 0 saturated heterocycles. The van der Waals surface area contributed by atoms with E-state index in [0.29, 0.717) is 22.7 Å². The van der Waals surface area contributed by atoms with Gasteiger partial charge in [0, 0.05) is 5.56 Å². The highest BCUT2D eigenvalue weighted by atomic mass is 16.5. The van der Waals surface area contributed by atoms with Gasteiger partial charge in [-0.05, 0) is 19.1 Å². The number of fused-ring (bicyclic) bond motifs is 1. The number of aromatic nitrogens is 3. The fraction of sp³-hybridized carbons (Fsp3) is 0.0769. The summed E-state index contributed by atoms with van der Waals surface area (Å²) < 4.78 is 7.25. The lowest BCUT2D eigenvalue weighted by Gasteiger charge is -2.06. The first-order valence-electron chi connectivity index (χ1n) is 5.50. The molecule has 0 unspecified atom stereocenters. The van der Waals surface area contributed by atoms with Crippen LogP contribution in [0.15, 0.2) is 42.9 Å². The molecule has 0 atom stereocenters. The van der Waals surface area contributed by atoms with Crippen LogP contribution in [0.5, 0.6) is 17.4 Å². The van der Waals surface area contributed by atoms with Gasteiger partial charge in [0.05, 0.1) is 6.20 Å². The van der Waals surface area contributed by atoms with Crippen molar-refractivity contribution in [3.05, 3.63) is 48.4 Å². The van der Waals surface area contributed by atoms with Gasteiger partial charge >= 0.3 is 0 Å². The van der Waals surface area contributed by atoms with Crippen molar-refractivity contribution in [2.45, 2.75) is 6.92 Å². The van der Waals surface area contributed by atoms with Gasteiger partial charge in [0.15, 0.2) is 0 Å². The summed E-state index contributed by atoms with van der Waals surface area (Å²) in [5.41, 5.74) is 1.36. The number of nitrogens with zero attached hydrogens (tertiary/aromatic N) is 3. The predicted octanol–water partition coefficient (Wildman–Crippen LogP) is 2.54. The van der Waals surface area contributed by atoms with E-state index in [1.165, 1.54) is 12.5 Å². The second kappa shape index (κ2) is 4.03. The molecule has 0 fully saturated rings. The number of ether oxygens (including phenoxy) is 1. The molecule has 0 aliphatic carbocycles. The molecule has 90 valence electrons. The van der Waals surface area contributed by atoms with Gasteiger partial charge in [-0.15, -0.1) is 0 Å². The maximum absolute atomic E-state index is 9.69. The zero-order valence-corrected chi connectivity index (χ0v) is 9.74. The van der Waals surface area contributed by atoms with Crippen LogP contribution in [0.25, 0.3) is 5.52 Å². The Morgan fingerprint density at radius 2 is 2.00 bits per heavy atom. The van der Waals surface area contributed by atoms with Gasteiger partial charge in [0.2, 0.25) is 5.88 Å². The highest BCUT2D eigenvalue weighted by Crippen LogP contribution is 2.30. The number of hydrogen-bond donors (Lipinski definition) is 1. The predicted molar refractivity (Wildman–Crippen MR) is 65.9 cm³/mol. The summed E-state index contributed by atoms with van der Waals surface area (Å²) >= 11 is 0. The van der Waals surface area contributed by atoms with Crippen molar-refractivity contribution in [2.24, 2.45) is 0 Å². The summed E-state index contributed by atoms with van der Waals surface area (Å²) in [7, 11) is 0. The Morgan fingerprint density at radius 1 is 1.22 bits per heavy atom. The van der Waals surface area contributed by atoms with Crippen molar-refractivity contribution in [3.8, 4) is 17.4 Å². The van der Waals surface area contributed by atoms with E-state index in [2.05, 4.69) is 10.1 Å². The van der Waals surface area contributed by atoms with Gasteiger partial charge < -0.3 is 9.84 Å². The summed E-state index contributed by atoms with van der Waals surface area (Å²) in [4.78, 5) is 4.11. The standard InChI is InChI=1S/C13H11N3O2/c1-9-11(17)7-16-12(9)13(14-8-15-16)18-10-5-3-2-4-6-10/h2-8,17H,1H3. The molecular weight excluding hydrogens is 230 g/mol.